The third-order valence-corrected chi connectivity index (χ3v) is 2.85. The van der Waals surface area contributed by atoms with Gasteiger partial charge in [0.05, 0.1) is 12.2 Å². The molecular weight excluding hydrogens is 258 g/mol. The first-order chi connectivity index (χ1) is 9.65. The second-order valence-electron chi connectivity index (χ2n) is 4.20. The number of hydrogen-bond acceptors (Lipinski definition) is 5. The summed E-state index contributed by atoms with van der Waals surface area (Å²) in [5, 5.41) is 31.2. The quantitative estimate of drug-likeness (QED) is 0.492. The van der Waals surface area contributed by atoms with E-state index in [0.29, 0.717) is 5.56 Å². The van der Waals surface area contributed by atoms with Crippen molar-refractivity contribution in [3.8, 4) is 11.5 Å². The third-order valence-electron chi connectivity index (χ3n) is 2.85. The molecule has 20 heavy (non-hydrogen) atoms. The van der Waals surface area contributed by atoms with E-state index in [9.17, 15) is 15.0 Å². The Kier molecular flexibility index (Phi) is 4.22. The van der Waals surface area contributed by atoms with Crippen molar-refractivity contribution < 1.29 is 20.1 Å². The Morgan fingerprint density at radius 2 is 1.75 bits per heavy atom. The molecule has 4 N–H and O–H groups in total. The number of phenolic OH excluding ortho intramolecular Hbond substituents is 2. The molecule has 0 aromatic heterocycles. The van der Waals surface area contributed by atoms with E-state index in [2.05, 4.69) is 5.32 Å². The zero-order valence-corrected chi connectivity index (χ0v) is 10.7. The normalized spacial score (nSPS) is 10.2. The van der Waals surface area contributed by atoms with Crippen molar-refractivity contribution in [1.29, 1.82) is 0 Å². The topological polar surface area (TPSA) is 89.8 Å². The van der Waals surface area contributed by atoms with E-state index in [1.165, 1.54) is 12.1 Å². The molecule has 0 amide bonds. The lowest BCUT2D eigenvalue weighted by Gasteiger charge is -2.12. The highest BCUT2D eigenvalue weighted by Crippen LogP contribution is 2.36. The lowest BCUT2D eigenvalue weighted by molar-refractivity contribution is 0.103. The second-order valence-corrected chi connectivity index (χ2v) is 4.20. The Bertz CT molecular complexity index is 611. The Balaban J connectivity index is 2.40. The monoisotopic (exact) mass is 273 g/mol. The molecule has 0 radical (unpaired) electrons. The van der Waals surface area contributed by atoms with Crippen LogP contribution in [0.15, 0.2) is 42.5 Å². The number of ketones is 1. The summed E-state index contributed by atoms with van der Waals surface area (Å²) in [4.78, 5) is 12.3. The van der Waals surface area contributed by atoms with Crippen molar-refractivity contribution >= 4 is 11.5 Å². The van der Waals surface area contributed by atoms with E-state index in [1.54, 1.807) is 30.3 Å². The van der Waals surface area contributed by atoms with Gasteiger partial charge in [-0.25, -0.2) is 0 Å². The Morgan fingerprint density at radius 1 is 1.05 bits per heavy atom. The SMILES string of the molecule is O=C(c1ccccc1)c1ccc(O)c(NCCO)c1O. The fourth-order valence-electron chi connectivity index (χ4n) is 1.86. The van der Waals surface area contributed by atoms with E-state index in [1.807, 2.05) is 0 Å². The van der Waals surface area contributed by atoms with Gasteiger partial charge in [0.15, 0.2) is 11.5 Å². The van der Waals surface area contributed by atoms with Crippen molar-refractivity contribution in [1.82, 2.24) is 0 Å². The Labute approximate surface area is 116 Å². The molecule has 2 aromatic carbocycles. The number of carbonyl (C=O) groups is 1. The molecule has 5 heteroatoms. The molecule has 5 nitrogen and oxygen atoms in total. The molecule has 0 aliphatic carbocycles. The molecule has 104 valence electrons. The van der Waals surface area contributed by atoms with Gasteiger partial charge in [-0.05, 0) is 12.1 Å². The number of aromatic hydroxyl groups is 2. The minimum atomic E-state index is -0.338. The molecule has 0 unspecified atom stereocenters. The zero-order valence-electron chi connectivity index (χ0n) is 10.7. The van der Waals surface area contributed by atoms with Crippen LogP contribution in [0.1, 0.15) is 15.9 Å². The van der Waals surface area contributed by atoms with Gasteiger partial charge in [-0.15, -0.1) is 0 Å². The first kappa shape index (κ1) is 13.9. The van der Waals surface area contributed by atoms with E-state index in [0.717, 1.165) is 0 Å². The molecular formula is C15H15NO4. The number of phenols is 2. The van der Waals surface area contributed by atoms with Crippen LogP contribution in [0.4, 0.5) is 5.69 Å². The molecule has 2 aromatic rings. The molecule has 0 saturated carbocycles. The van der Waals surface area contributed by atoms with E-state index in [-0.39, 0.29) is 41.7 Å². The maximum atomic E-state index is 12.3. The molecule has 0 heterocycles. The maximum absolute atomic E-state index is 12.3. The van der Waals surface area contributed by atoms with E-state index in [4.69, 9.17) is 5.11 Å². The molecule has 0 fully saturated rings. The fraction of sp³-hybridized carbons (Fsp3) is 0.133. The van der Waals surface area contributed by atoms with Gasteiger partial charge < -0.3 is 20.6 Å². The summed E-state index contributed by atoms with van der Waals surface area (Å²) in [5.41, 5.74) is 0.580. The number of carbonyl (C=O) groups excluding carboxylic acids is 1. The van der Waals surface area contributed by atoms with Crippen LogP contribution in [0, 0.1) is 0 Å². The van der Waals surface area contributed by atoms with Crippen LogP contribution >= 0.6 is 0 Å². The Morgan fingerprint density at radius 3 is 2.40 bits per heavy atom. The predicted octanol–water partition coefficient (Wildman–Crippen LogP) is 1.73. The van der Waals surface area contributed by atoms with E-state index < -0.39 is 0 Å². The summed E-state index contributed by atoms with van der Waals surface area (Å²) in [5.74, 6) is -0.844. The highest BCUT2D eigenvalue weighted by atomic mass is 16.3. The van der Waals surface area contributed by atoms with Gasteiger partial charge in [0.1, 0.15) is 11.4 Å². The number of benzene rings is 2. The molecule has 0 spiro atoms. The summed E-state index contributed by atoms with van der Waals surface area (Å²) >= 11 is 0. The average molecular weight is 273 g/mol. The largest absolute Gasteiger partial charge is 0.506 e. The average Bonchev–Trinajstić information content (AvgIpc) is 2.47. The highest BCUT2D eigenvalue weighted by Gasteiger charge is 2.18. The van der Waals surface area contributed by atoms with Crippen molar-refractivity contribution in [3.05, 3.63) is 53.6 Å². The van der Waals surface area contributed by atoms with Gasteiger partial charge in [-0.2, -0.15) is 0 Å². The lowest BCUT2D eigenvalue weighted by Crippen LogP contribution is -2.08. The molecule has 0 atom stereocenters. The maximum Gasteiger partial charge on any atom is 0.196 e. The van der Waals surface area contributed by atoms with Gasteiger partial charge >= 0.3 is 0 Å². The van der Waals surface area contributed by atoms with Crippen molar-refractivity contribution in [2.45, 2.75) is 0 Å². The second kappa shape index (κ2) is 6.08. The van der Waals surface area contributed by atoms with Crippen molar-refractivity contribution in [2.24, 2.45) is 0 Å². The van der Waals surface area contributed by atoms with Crippen LogP contribution in [0.3, 0.4) is 0 Å². The number of nitrogens with one attached hydrogen (secondary N) is 1. The van der Waals surface area contributed by atoms with Crippen LogP contribution in [-0.4, -0.2) is 34.3 Å². The van der Waals surface area contributed by atoms with Gasteiger partial charge in [-0.1, -0.05) is 30.3 Å². The van der Waals surface area contributed by atoms with Crippen molar-refractivity contribution in [3.63, 3.8) is 0 Å². The van der Waals surface area contributed by atoms with E-state index >= 15 is 0 Å². The smallest absolute Gasteiger partial charge is 0.196 e. The van der Waals surface area contributed by atoms with Crippen LogP contribution < -0.4 is 5.32 Å². The van der Waals surface area contributed by atoms with Gasteiger partial charge in [0.25, 0.3) is 0 Å². The molecule has 0 aliphatic rings. The zero-order chi connectivity index (χ0) is 14.5. The van der Waals surface area contributed by atoms with Gasteiger partial charge in [0.2, 0.25) is 0 Å². The molecule has 2 rings (SSSR count). The summed E-state index contributed by atoms with van der Waals surface area (Å²) in [6.45, 7) is -0.000159. The fourth-order valence-corrected chi connectivity index (χ4v) is 1.86. The number of hydrogen-bond donors (Lipinski definition) is 4. The number of rotatable bonds is 5. The van der Waals surface area contributed by atoms with Gasteiger partial charge in [0, 0.05) is 12.1 Å². The highest BCUT2D eigenvalue weighted by molar-refractivity contribution is 6.11. The lowest BCUT2D eigenvalue weighted by atomic mass is 10.0. The minimum absolute atomic E-state index is 0.0424. The first-order valence-electron chi connectivity index (χ1n) is 6.14. The summed E-state index contributed by atoms with van der Waals surface area (Å²) in [6, 6.07) is 11.2. The summed E-state index contributed by atoms with van der Waals surface area (Å²) in [7, 11) is 0. The van der Waals surface area contributed by atoms with Crippen LogP contribution in [-0.2, 0) is 0 Å². The number of aliphatic hydroxyl groups excluding tert-OH is 1. The third kappa shape index (κ3) is 2.73. The van der Waals surface area contributed by atoms with Crippen LogP contribution in [0.2, 0.25) is 0 Å². The van der Waals surface area contributed by atoms with Crippen LogP contribution in [0.25, 0.3) is 0 Å². The standard InChI is InChI=1S/C15H15NO4/c17-9-8-16-13-12(18)7-6-11(15(13)20)14(19)10-4-2-1-3-5-10/h1-7,16-18,20H,8-9H2. The van der Waals surface area contributed by atoms with Crippen LogP contribution in [0.5, 0.6) is 11.5 Å². The Hall–Kier alpha value is -2.53. The molecule has 0 bridgehead atoms. The van der Waals surface area contributed by atoms with Crippen molar-refractivity contribution in [2.75, 3.05) is 18.5 Å². The molecule has 0 saturated heterocycles. The van der Waals surface area contributed by atoms with Gasteiger partial charge in [-0.3, -0.25) is 4.79 Å². The number of aliphatic hydroxyl groups is 1. The molecule has 0 aliphatic heterocycles. The summed E-state index contributed by atoms with van der Waals surface area (Å²) in [6.07, 6.45) is 0. The minimum Gasteiger partial charge on any atom is -0.506 e. The number of anilines is 1. The summed E-state index contributed by atoms with van der Waals surface area (Å²) < 4.78 is 0. The first-order valence-corrected chi connectivity index (χ1v) is 6.14. The predicted molar refractivity (Wildman–Crippen MR) is 75.2 cm³/mol.